The summed E-state index contributed by atoms with van der Waals surface area (Å²) in [6.07, 6.45) is 3.54. The van der Waals surface area contributed by atoms with Crippen molar-refractivity contribution in [1.29, 1.82) is 0 Å². The molecule has 1 rings (SSSR count). The summed E-state index contributed by atoms with van der Waals surface area (Å²) in [4.78, 5) is 19.2. The van der Waals surface area contributed by atoms with E-state index in [4.69, 9.17) is 10.5 Å². The lowest BCUT2D eigenvalue weighted by molar-refractivity contribution is -0.142. The fourth-order valence-corrected chi connectivity index (χ4v) is 1.35. The van der Waals surface area contributed by atoms with Crippen LogP contribution in [0.1, 0.15) is 12.5 Å². The van der Waals surface area contributed by atoms with Crippen LogP contribution in [0.3, 0.4) is 0 Å². The summed E-state index contributed by atoms with van der Waals surface area (Å²) in [5.74, 6) is 0.0205. The Morgan fingerprint density at radius 3 is 2.93 bits per heavy atom. The van der Waals surface area contributed by atoms with Crippen LogP contribution in [0.2, 0.25) is 0 Å². The predicted molar refractivity (Wildman–Crippen MR) is 58.6 cm³/mol. The molecule has 0 bridgehead atoms. The van der Waals surface area contributed by atoms with E-state index in [0.717, 1.165) is 0 Å². The van der Waals surface area contributed by atoms with Gasteiger partial charge in [0.15, 0.2) is 5.16 Å². The van der Waals surface area contributed by atoms with Crippen molar-refractivity contribution in [2.75, 3.05) is 18.6 Å². The average Bonchev–Trinajstić information content (AvgIpc) is 2.21. The quantitative estimate of drug-likeness (QED) is 0.467. The number of hydrogen-bond donors (Lipinski definition) is 1. The van der Waals surface area contributed by atoms with Crippen molar-refractivity contribution in [3.63, 3.8) is 0 Å². The molecule has 0 aliphatic heterocycles. The highest BCUT2D eigenvalue weighted by atomic mass is 32.2. The molecule has 6 heteroatoms. The second-order valence-corrected chi connectivity index (χ2v) is 3.52. The molecule has 1 heterocycles. The molecule has 82 valence electrons. The Kier molecular flexibility index (Phi) is 4.36. The van der Waals surface area contributed by atoms with Gasteiger partial charge in [-0.2, -0.15) is 0 Å². The molecule has 1 aromatic rings. The Morgan fingerprint density at radius 2 is 2.40 bits per heavy atom. The molecule has 5 nitrogen and oxygen atoms in total. The first-order valence-electron chi connectivity index (χ1n) is 4.48. The number of nitrogens with zero attached hydrogens (tertiary/aromatic N) is 2. The Hall–Kier alpha value is -1.30. The molecule has 0 aromatic carbocycles. The number of hydrogen-bond acceptors (Lipinski definition) is 6. The van der Waals surface area contributed by atoms with Crippen LogP contribution in [-0.2, 0) is 16.0 Å². The van der Waals surface area contributed by atoms with E-state index in [2.05, 4.69) is 9.97 Å². The zero-order chi connectivity index (χ0) is 11.3. The summed E-state index contributed by atoms with van der Waals surface area (Å²) >= 11 is 1.40. The lowest BCUT2D eigenvalue weighted by atomic mass is 10.2. The van der Waals surface area contributed by atoms with E-state index in [1.165, 1.54) is 11.8 Å². The molecule has 15 heavy (non-hydrogen) atoms. The standard InChI is InChI=1S/C9H13N3O2S/c1-3-14-7(13)4-6-5-11-9(15-2)12-8(6)10/h5H,3-4H2,1-2H3,(H2,10,11,12). The maximum Gasteiger partial charge on any atom is 0.310 e. The second kappa shape index (κ2) is 5.55. The van der Waals surface area contributed by atoms with Crippen LogP contribution in [0, 0.1) is 0 Å². The van der Waals surface area contributed by atoms with Crippen LogP contribution >= 0.6 is 11.8 Å². The summed E-state index contributed by atoms with van der Waals surface area (Å²) in [5.41, 5.74) is 6.27. The van der Waals surface area contributed by atoms with Crippen LogP contribution in [0.15, 0.2) is 11.4 Å². The maximum atomic E-state index is 11.2. The minimum Gasteiger partial charge on any atom is -0.466 e. The molecule has 0 spiro atoms. The monoisotopic (exact) mass is 227 g/mol. The molecule has 0 aliphatic rings. The van der Waals surface area contributed by atoms with Gasteiger partial charge in [0.05, 0.1) is 13.0 Å². The molecule has 0 saturated heterocycles. The van der Waals surface area contributed by atoms with Gasteiger partial charge in [-0.3, -0.25) is 4.79 Å². The fraction of sp³-hybridized carbons (Fsp3) is 0.444. The Labute approximate surface area is 92.4 Å². The summed E-state index contributed by atoms with van der Waals surface area (Å²) in [7, 11) is 0. The number of aromatic nitrogens is 2. The number of nitrogens with two attached hydrogens (primary N) is 1. The average molecular weight is 227 g/mol. The fourth-order valence-electron chi connectivity index (χ4n) is 1.01. The molecular weight excluding hydrogens is 214 g/mol. The number of carbonyl (C=O) groups is 1. The molecule has 0 radical (unpaired) electrons. The van der Waals surface area contributed by atoms with Gasteiger partial charge >= 0.3 is 5.97 Å². The van der Waals surface area contributed by atoms with Crippen molar-refractivity contribution in [2.24, 2.45) is 0 Å². The Morgan fingerprint density at radius 1 is 1.67 bits per heavy atom. The summed E-state index contributed by atoms with van der Waals surface area (Å²) in [6, 6.07) is 0. The smallest absolute Gasteiger partial charge is 0.310 e. The highest BCUT2D eigenvalue weighted by molar-refractivity contribution is 7.98. The van der Waals surface area contributed by atoms with Gasteiger partial charge in [-0.25, -0.2) is 9.97 Å². The van der Waals surface area contributed by atoms with Crippen molar-refractivity contribution in [1.82, 2.24) is 9.97 Å². The van der Waals surface area contributed by atoms with Crippen molar-refractivity contribution in [2.45, 2.75) is 18.5 Å². The first-order valence-corrected chi connectivity index (χ1v) is 5.70. The normalized spacial score (nSPS) is 10.0. The minimum absolute atomic E-state index is 0.119. The van der Waals surface area contributed by atoms with E-state index >= 15 is 0 Å². The van der Waals surface area contributed by atoms with Crippen LogP contribution in [0.4, 0.5) is 5.82 Å². The first kappa shape index (κ1) is 11.8. The van der Waals surface area contributed by atoms with Gasteiger partial charge in [-0.1, -0.05) is 11.8 Å². The van der Waals surface area contributed by atoms with Gasteiger partial charge in [0, 0.05) is 11.8 Å². The van der Waals surface area contributed by atoms with E-state index in [9.17, 15) is 4.79 Å². The molecule has 0 unspecified atom stereocenters. The molecule has 0 atom stereocenters. The third-order valence-corrected chi connectivity index (χ3v) is 2.26. The summed E-state index contributed by atoms with van der Waals surface area (Å²) in [6.45, 7) is 2.12. The van der Waals surface area contributed by atoms with Crippen molar-refractivity contribution >= 4 is 23.5 Å². The predicted octanol–water partition coefficient (Wildman–Crippen LogP) is 0.886. The van der Waals surface area contributed by atoms with Crippen LogP contribution in [0.25, 0.3) is 0 Å². The lowest BCUT2D eigenvalue weighted by Crippen LogP contribution is -2.10. The van der Waals surface area contributed by atoms with Crippen molar-refractivity contribution < 1.29 is 9.53 Å². The number of thioether (sulfide) groups is 1. The number of esters is 1. The minimum atomic E-state index is -0.315. The number of ether oxygens (including phenoxy) is 1. The molecular formula is C9H13N3O2S. The number of nitrogen functional groups attached to an aromatic ring is 1. The van der Waals surface area contributed by atoms with E-state index in [1.807, 2.05) is 6.26 Å². The van der Waals surface area contributed by atoms with Gasteiger partial charge in [0.25, 0.3) is 0 Å². The van der Waals surface area contributed by atoms with Gasteiger partial charge in [0.2, 0.25) is 0 Å². The van der Waals surface area contributed by atoms with Gasteiger partial charge < -0.3 is 10.5 Å². The third kappa shape index (κ3) is 3.39. The van der Waals surface area contributed by atoms with E-state index in [0.29, 0.717) is 23.1 Å². The molecule has 0 saturated carbocycles. The van der Waals surface area contributed by atoms with E-state index in [-0.39, 0.29) is 12.4 Å². The SMILES string of the molecule is CCOC(=O)Cc1cnc(SC)nc1N. The van der Waals surface area contributed by atoms with Gasteiger partial charge in [-0.05, 0) is 13.2 Å². The highest BCUT2D eigenvalue weighted by Crippen LogP contribution is 2.14. The molecule has 0 amide bonds. The van der Waals surface area contributed by atoms with Crippen LogP contribution < -0.4 is 5.73 Å². The van der Waals surface area contributed by atoms with Crippen molar-refractivity contribution in [3.8, 4) is 0 Å². The van der Waals surface area contributed by atoms with E-state index < -0.39 is 0 Å². The highest BCUT2D eigenvalue weighted by Gasteiger charge is 2.09. The summed E-state index contributed by atoms with van der Waals surface area (Å²) < 4.78 is 4.80. The van der Waals surface area contributed by atoms with Gasteiger partial charge in [0.1, 0.15) is 5.82 Å². The number of anilines is 1. The van der Waals surface area contributed by atoms with Crippen molar-refractivity contribution in [3.05, 3.63) is 11.8 Å². The second-order valence-electron chi connectivity index (χ2n) is 2.75. The molecule has 1 aromatic heterocycles. The molecule has 0 aliphatic carbocycles. The first-order chi connectivity index (χ1) is 7.17. The maximum absolute atomic E-state index is 11.2. The number of rotatable bonds is 4. The lowest BCUT2D eigenvalue weighted by Gasteiger charge is -2.04. The zero-order valence-corrected chi connectivity index (χ0v) is 9.50. The summed E-state index contributed by atoms with van der Waals surface area (Å²) in [5, 5.41) is 0.597. The molecule has 2 N–H and O–H groups in total. The third-order valence-electron chi connectivity index (χ3n) is 1.70. The number of carbonyl (C=O) groups excluding carboxylic acids is 1. The Balaban J connectivity index is 2.73. The Bertz CT molecular complexity index is 357. The largest absolute Gasteiger partial charge is 0.466 e. The van der Waals surface area contributed by atoms with Gasteiger partial charge in [-0.15, -0.1) is 0 Å². The topological polar surface area (TPSA) is 78.1 Å². The zero-order valence-electron chi connectivity index (χ0n) is 8.69. The van der Waals surface area contributed by atoms with E-state index in [1.54, 1.807) is 13.1 Å². The molecule has 0 fully saturated rings. The van der Waals surface area contributed by atoms with Crippen LogP contribution in [0.5, 0.6) is 0 Å². The van der Waals surface area contributed by atoms with Crippen LogP contribution in [-0.4, -0.2) is 28.8 Å².